The minimum Gasteiger partial charge on any atom is -0.312 e. The van der Waals surface area contributed by atoms with E-state index in [9.17, 15) is 13.2 Å². The molecule has 1 aliphatic heterocycles. The van der Waals surface area contributed by atoms with E-state index in [0.717, 1.165) is 18.5 Å². The second kappa shape index (κ2) is 6.78. The SMILES string of the molecule is FC(F)(F)CN1CCC(CNCc2cccc(Cl)c2)C1. The molecule has 1 aromatic rings. The van der Waals surface area contributed by atoms with Crippen molar-refractivity contribution in [1.82, 2.24) is 10.2 Å². The lowest BCUT2D eigenvalue weighted by Gasteiger charge is -2.18. The van der Waals surface area contributed by atoms with E-state index < -0.39 is 12.7 Å². The Morgan fingerprint density at radius 1 is 1.35 bits per heavy atom. The van der Waals surface area contributed by atoms with E-state index in [1.165, 1.54) is 4.90 Å². The lowest BCUT2D eigenvalue weighted by atomic mass is 10.1. The fraction of sp³-hybridized carbons (Fsp3) is 0.571. The number of nitrogens with one attached hydrogen (secondary N) is 1. The summed E-state index contributed by atoms with van der Waals surface area (Å²) < 4.78 is 36.8. The average Bonchev–Trinajstić information content (AvgIpc) is 2.74. The molecular formula is C14H18ClF3N2. The predicted molar refractivity (Wildman–Crippen MR) is 73.8 cm³/mol. The summed E-state index contributed by atoms with van der Waals surface area (Å²) in [6.07, 6.45) is -3.28. The van der Waals surface area contributed by atoms with Gasteiger partial charge < -0.3 is 5.32 Å². The van der Waals surface area contributed by atoms with Crippen LogP contribution in [0.2, 0.25) is 5.02 Å². The van der Waals surface area contributed by atoms with Crippen LogP contribution in [-0.2, 0) is 6.54 Å². The maximum absolute atomic E-state index is 12.3. The summed E-state index contributed by atoms with van der Waals surface area (Å²) in [5.74, 6) is 0.288. The van der Waals surface area contributed by atoms with Gasteiger partial charge in [0.2, 0.25) is 0 Å². The zero-order chi connectivity index (χ0) is 14.6. The van der Waals surface area contributed by atoms with Crippen LogP contribution < -0.4 is 5.32 Å². The van der Waals surface area contributed by atoms with Crippen LogP contribution in [0.1, 0.15) is 12.0 Å². The van der Waals surface area contributed by atoms with Crippen LogP contribution in [0.4, 0.5) is 13.2 Å². The summed E-state index contributed by atoms with van der Waals surface area (Å²) in [6.45, 7) is 1.68. The fourth-order valence-corrected chi connectivity index (χ4v) is 2.76. The van der Waals surface area contributed by atoms with Crippen LogP contribution in [0.25, 0.3) is 0 Å². The van der Waals surface area contributed by atoms with Crippen molar-refractivity contribution < 1.29 is 13.2 Å². The van der Waals surface area contributed by atoms with Gasteiger partial charge in [0, 0.05) is 18.1 Å². The Hall–Kier alpha value is -0.780. The third-order valence-corrected chi connectivity index (χ3v) is 3.66. The molecule has 0 amide bonds. The van der Waals surface area contributed by atoms with Gasteiger partial charge in [0.05, 0.1) is 6.54 Å². The van der Waals surface area contributed by atoms with Crippen LogP contribution in [-0.4, -0.2) is 37.3 Å². The van der Waals surface area contributed by atoms with Crippen molar-refractivity contribution in [1.29, 1.82) is 0 Å². The highest BCUT2D eigenvalue weighted by Gasteiger charge is 2.34. The minimum atomic E-state index is -4.09. The molecule has 1 atom stereocenters. The quantitative estimate of drug-likeness (QED) is 0.898. The molecule has 1 aliphatic rings. The van der Waals surface area contributed by atoms with Crippen LogP contribution >= 0.6 is 11.6 Å². The van der Waals surface area contributed by atoms with Crippen LogP contribution in [0.15, 0.2) is 24.3 Å². The Bertz CT molecular complexity index is 437. The predicted octanol–water partition coefficient (Wildman–Crippen LogP) is 3.31. The topological polar surface area (TPSA) is 15.3 Å². The van der Waals surface area contributed by atoms with Gasteiger partial charge in [-0.2, -0.15) is 13.2 Å². The van der Waals surface area contributed by atoms with Gasteiger partial charge in [-0.25, -0.2) is 0 Å². The van der Waals surface area contributed by atoms with Crippen molar-refractivity contribution in [3.63, 3.8) is 0 Å². The summed E-state index contributed by atoms with van der Waals surface area (Å²) in [5.41, 5.74) is 1.09. The normalized spacial score (nSPS) is 20.5. The summed E-state index contributed by atoms with van der Waals surface area (Å²) >= 11 is 5.89. The smallest absolute Gasteiger partial charge is 0.312 e. The molecule has 1 saturated heterocycles. The number of hydrogen-bond acceptors (Lipinski definition) is 2. The third-order valence-electron chi connectivity index (χ3n) is 3.42. The van der Waals surface area contributed by atoms with Gasteiger partial charge >= 0.3 is 6.18 Å². The second-order valence-corrected chi connectivity index (χ2v) is 5.70. The molecule has 0 radical (unpaired) electrons. The number of rotatable bonds is 5. The van der Waals surface area contributed by atoms with E-state index in [0.29, 0.717) is 24.7 Å². The number of hydrogen-bond donors (Lipinski definition) is 1. The highest BCUT2D eigenvalue weighted by atomic mass is 35.5. The first-order chi connectivity index (χ1) is 9.42. The second-order valence-electron chi connectivity index (χ2n) is 5.27. The maximum atomic E-state index is 12.3. The van der Waals surface area contributed by atoms with Gasteiger partial charge in [0.15, 0.2) is 0 Å². The standard InChI is InChI=1S/C14H18ClF3N2/c15-13-3-1-2-11(6-13)7-19-8-12-4-5-20(9-12)10-14(16,17)18/h1-3,6,12,19H,4-5,7-10H2. The molecule has 6 heteroatoms. The van der Waals surface area contributed by atoms with Gasteiger partial charge in [-0.3, -0.25) is 4.90 Å². The van der Waals surface area contributed by atoms with E-state index >= 15 is 0 Å². The van der Waals surface area contributed by atoms with E-state index in [-0.39, 0.29) is 5.92 Å². The molecule has 2 rings (SSSR count). The average molecular weight is 307 g/mol. The molecule has 1 unspecified atom stereocenters. The minimum absolute atomic E-state index is 0.288. The zero-order valence-electron chi connectivity index (χ0n) is 11.1. The van der Waals surface area contributed by atoms with Crippen molar-refractivity contribution in [2.45, 2.75) is 19.1 Å². The number of nitrogens with zero attached hydrogens (tertiary/aromatic N) is 1. The molecule has 1 heterocycles. The van der Waals surface area contributed by atoms with Crippen molar-refractivity contribution in [2.75, 3.05) is 26.2 Å². The number of halogens is 4. The third kappa shape index (κ3) is 5.31. The Kier molecular flexibility index (Phi) is 5.29. The molecule has 0 bridgehead atoms. The fourth-order valence-electron chi connectivity index (χ4n) is 2.54. The lowest BCUT2D eigenvalue weighted by Crippen LogP contribution is -2.33. The number of alkyl halides is 3. The summed E-state index contributed by atoms with van der Waals surface area (Å²) in [7, 11) is 0. The van der Waals surface area contributed by atoms with Gasteiger partial charge in [0.25, 0.3) is 0 Å². The molecule has 1 aromatic carbocycles. The van der Waals surface area contributed by atoms with Crippen molar-refractivity contribution in [3.05, 3.63) is 34.9 Å². The van der Waals surface area contributed by atoms with Gasteiger partial charge in [0.1, 0.15) is 0 Å². The van der Waals surface area contributed by atoms with E-state index in [2.05, 4.69) is 5.32 Å². The molecular weight excluding hydrogens is 289 g/mol. The lowest BCUT2D eigenvalue weighted by molar-refractivity contribution is -0.143. The summed E-state index contributed by atoms with van der Waals surface area (Å²) in [4.78, 5) is 1.48. The first kappa shape index (κ1) is 15.6. The van der Waals surface area contributed by atoms with Crippen molar-refractivity contribution in [3.8, 4) is 0 Å². The first-order valence-corrected chi connectivity index (χ1v) is 7.04. The van der Waals surface area contributed by atoms with Crippen molar-refractivity contribution in [2.24, 2.45) is 5.92 Å². The molecule has 0 spiro atoms. The zero-order valence-corrected chi connectivity index (χ0v) is 11.8. The molecule has 20 heavy (non-hydrogen) atoms. The van der Waals surface area contributed by atoms with Crippen LogP contribution in [0, 0.1) is 5.92 Å². The molecule has 0 aliphatic carbocycles. The van der Waals surface area contributed by atoms with Gasteiger partial charge in [-0.15, -0.1) is 0 Å². The Labute approximate surface area is 121 Å². The first-order valence-electron chi connectivity index (χ1n) is 6.66. The molecule has 0 aromatic heterocycles. The Morgan fingerprint density at radius 2 is 2.15 bits per heavy atom. The monoisotopic (exact) mass is 306 g/mol. The van der Waals surface area contributed by atoms with Crippen molar-refractivity contribution >= 4 is 11.6 Å². The molecule has 2 nitrogen and oxygen atoms in total. The molecule has 1 fully saturated rings. The maximum Gasteiger partial charge on any atom is 0.401 e. The number of likely N-dealkylation sites (tertiary alicyclic amines) is 1. The van der Waals surface area contributed by atoms with Gasteiger partial charge in [-0.05, 0) is 43.1 Å². The van der Waals surface area contributed by atoms with Crippen LogP contribution in [0.5, 0.6) is 0 Å². The molecule has 0 saturated carbocycles. The Balaban J connectivity index is 1.68. The van der Waals surface area contributed by atoms with E-state index in [4.69, 9.17) is 11.6 Å². The Morgan fingerprint density at radius 3 is 2.85 bits per heavy atom. The highest BCUT2D eigenvalue weighted by Crippen LogP contribution is 2.22. The largest absolute Gasteiger partial charge is 0.401 e. The van der Waals surface area contributed by atoms with E-state index in [1.54, 1.807) is 0 Å². The summed E-state index contributed by atoms with van der Waals surface area (Å²) in [5, 5.41) is 3.98. The number of benzene rings is 1. The van der Waals surface area contributed by atoms with Gasteiger partial charge in [-0.1, -0.05) is 23.7 Å². The molecule has 112 valence electrons. The highest BCUT2D eigenvalue weighted by molar-refractivity contribution is 6.30. The molecule has 1 N–H and O–H groups in total. The summed E-state index contributed by atoms with van der Waals surface area (Å²) in [6, 6.07) is 7.57. The van der Waals surface area contributed by atoms with E-state index in [1.807, 2.05) is 24.3 Å². The van der Waals surface area contributed by atoms with Crippen LogP contribution in [0.3, 0.4) is 0 Å².